The number of nitrogens with zero attached hydrogens (tertiary/aromatic N) is 2. The van der Waals surface area contributed by atoms with Gasteiger partial charge in [0.2, 0.25) is 0 Å². The summed E-state index contributed by atoms with van der Waals surface area (Å²) in [5.74, 6) is 4.35. The van der Waals surface area contributed by atoms with Gasteiger partial charge >= 0.3 is 0 Å². The fourth-order valence-corrected chi connectivity index (χ4v) is 4.91. The van der Waals surface area contributed by atoms with Crippen LogP contribution in [0, 0.1) is 17.8 Å². The average Bonchev–Trinajstić information content (AvgIpc) is 3.27. The molecule has 142 valence electrons. The van der Waals surface area contributed by atoms with Gasteiger partial charge < -0.3 is 14.4 Å². The Hall–Kier alpha value is -1.52. The van der Waals surface area contributed by atoms with Gasteiger partial charge in [-0.25, -0.2) is 0 Å². The molecule has 0 unspecified atom stereocenters. The molecule has 4 heteroatoms. The van der Waals surface area contributed by atoms with Crippen LogP contribution in [-0.2, 0) is 6.54 Å². The van der Waals surface area contributed by atoms with Gasteiger partial charge in [0.15, 0.2) is 11.5 Å². The lowest BCUT2D eigenvalue weighted by molar-refractivity contribution is 0.108. The van der Waals surface area contributed by atoms with E-state index in [2.05, 4.69) is 34.1 Å². The normalized spacial score (nSPS) is 28.6. The third-order valence-corrected chi connectivity index (χ3v) is 6.31. The van der Waals surface area contributed by atoms with Crippen LogP contribution in [0.3, 0.4) is 0 Å². The van der Waals surface area contributed by atoms with Crippen LogP contribution in [-0.4, -0.2) is 56.2 Å². The highest BCUT2D eigenvalue weighted by Gasteiger charge is 2.36. The fraction of sp³-hybridized carbons (Fsp3) is 0.636. The molecule has 1 aromatic rings. The molecule has 26 heavy (non-hydrogen) atoms. The van der Waals surface area contributed by atoms with E-state index >= 15 is 0 Å². The van der Waals surface area contributed by atoms with Crippen molar-refractivity contribution in [3.63, 3.8) is 0 Å². The number of hydrogen-bond donors (Lipinski definition) is 0. The molecule has 2 bridgehead atoms. The Morgan fingerprint density at radius 2 is 1.81 bits per heavy atom. The minimum absolute atomic E-state index is 0.663. The Balaban J connectivity index is 1.27. The monoisotopic (exact) mass is 356 g/mol. The van der Waals surface area contributed by atoms with Crippen LogP contribution in [0.5, 0.6) is 11.5 Å². The van der Waals surface area contributed by atoms with Crippen LogP contribution >= 0.6 is 0 Å². The van der Waals surface area contributed by atoms with Crippen molar-refractivity contribution >= 4 is 0 Å². The summed E-state index contributed by atoms with van der Waals surface area (Å²) in [7, 11) is 1.70. The van der Waals surface area contributed by atoms with Crippen LogP contribution in [0.1, 0.15) is 25.3 Å². The predicted molar refractivity (Wildman–Crippen MR) is 105 cm³/mol. The zero-order chi connectivity index (χ0) is 17.9. The molecule has 0 aromatic heterocycles. The van der Waals surface area contributed by atoms with Crippen LogP contribution in [0.25, 0.3) is 0 Å². The van der Waals surface area contributed by atoms with E-state index < -0.39 is 0 Å². The molecule has 4 nitrogen and oxygen atoms in total. The molecule has 1 aliphatic heterocycles. The highest BCUT2D eigenvalue weighted by atomic mass is 16.5. The maximum atomic E-state index is 5.72. The second-order valence-corrected chi connectivity index (χ2v) is 8.04. The van der Waals surface area contributed by atoms with Gasteiger partial charge in [0.25, 0.3) is 0 Å². The summed E-state index contributed by atoms with van der Waals surface area (Å²) in [6.45, 7) is 9.69. The molecule has 2 aliphatic carbocycles. The van der Waals surface area contributed by atoms with Crippen molar-refractivity contribution in [3.8, 4) is 11.5 Å². The molecule has 3 aliphatic rings. The quantitative estimate of drug-likeness (QED) is 0.699. The molecule has 4 rings (SSSR count). The van der Waals surface area contributed by atoms with Crippen molar-refractivity contribution in [1.82, 2.24) is 9.80 Å². The van der Waals surface area contributed by atoms with E-state index in [-0.39, 0.29) is 0 Å². The minimum Gasteiger partial charge on any atom is -0.493 e. The van der Waals surface area contributed by atoms with Crippen molar-refractivity contribution in [2.45, 2.75) is 26.3 Å². The van der Waals surface area contributed by atoms with Crippen LogP contribution in [0.4, 0.5) is 0 Å². The SMILES string of the molecule is CCOc1cc(CN2CCN(C[C@@H]3C[C@@H]4C=C[C@@H]3C4)CC2)ccc1OC. The second kappa shape index (κ2) is 8.01. The minimum atomic E-state index is 0.663. The fourth-order valence-electron chi connectivity index (χ4n) is 4.91. The maximum Gasteiger partial charge on any atom is 0.161 e. The number of allylic oxidation sites excluding steroid dienone is 2. The molecular formula is C22H32N2O2. The number of fused-ring (bicyclic) bond motifs is 2. The largest absolute Gasteiger partial charge is 0.493 e. The summed E-state index contributed by atoms with van der Waals surface area (Å²) in [4.78, 5) is 5.25. The summed E-state index contributed by atoms with van der Waals surface area (Å²) in [5.41, 5.74) is 1.31. The highest BCUT2D eigenvalue weighted by Crippen LogP contribution is 2.43. The van der Waals surface area contributed by atoms with Crippen molar-refractivity contribution in [2.24, 2.45) is 17.8 Å². The van der Waals surface area contributed by atoms with Gasteiger partial charge in [0.1, 0.15) is 0 Å². The predicted octanol–water partition coefficient (Wildman–Crippen LogP) is 3.42. The number of benzene rings is 1. The summed E-state index contributed by atoms with van der Waals surface area (Å²) < 4.78 is 11.1. The molecule has 0 amide bonds. The van der Waals surface area contributed by atoms with Crippen molar-refractivity contribution in [1.29, 1.82) is 0 Å². The number of hydrogen-bond acceptors (Lipinski definition) is 4. The smallest absolute Gasteiger partial charge is 0.161 e. The number of ether oxygens (including phenoxy) is 2. The van der Waals surface area contributed by atoms with Crippen LogP contribution in [0.2, 0.25) is 0 Å². The van der Waals surface area contributed by atoms with E-state index in [1.807, 2.05) is 13.0 Å². The van der Waals surface area contributed by atoms with Crippen molar-refractivity contribution in [2.75, 3.05) is 46.4 Å². The maximum absolute atomic E-state index is 5.72. The standard InChI is InChI=1S/C22H32N2O2/c1-3-26-22-14-18(5-7-21(22)25-2)15-23-8-10-24(11-9-23)16-20-13-17-4-6-19(20)12-17/h4-7,14,17,19-20H,3,8-13,15-16H2,1-2H3/t17-,19-,20+/m1/s1. The van der Waals surface area contributed by atoms with Gasteiger partial charge in [-0.15, -0.1) is 0 Å². The first-order valence-electron chi connectivity index (χ1n) is 10.2. The van der Waals surface area contributed by atoms with E-state index in [4.69, 9.17) is 9.47 Å². The molecule has 2 fully saturated rings. The Bertz CT molecular complexity index is 637. The molecule has 3 atom stereocenters. The topological polar surface area (TPSA) is 24.9 Å². The third-order valence-electron chi connectivity index (χ3n) is 6.31. The van der Waals surface area contributed by atoms with E-state index in [1.165, 1.54) is 38.0 Å². The van der Waals surface area contributed by atoms with Gasteiger partial charge in [-0.2, -0.15) is 0 Å². The average molecular weight is 357 g/mol. The molecule has 0 spiro atoms. The summed E-state index contributed by atoms with van der Waals surface area (Å²) in [6.07, 6.45) is 7.77. The van der Waals surface area contributed by atoms with Crippen molar-refractivity contribution in [3.05, 3.63) is 35.9 Å². The Morgan fingerprint density at radius 1 is 1.00 bits per heavy atom. The second-order valence-electron chi connectivity index (χ2n) is 8.04. The van der Waals surface area contributed by atoms with Crippen LogP contribution < -0.4 is 9.47 Å². The molecule has 1 saturated carbocycles. The lowest BCUT2D eigenvalue weighted by Gasteiger charge is -2.37. The first-order chi connectivity index (χ1) is 12.7. The molecular weight excluding hydrogens is 324 g/mol. The third kappa shape index (κ3) is 3.91. The summed E-state index contributed by atoms with van der Waals surface area (Å²) >= 11 is 0. The molecule has 0 N–H and O–H groups in total. The van der Waals surface area contributed by atoms with Crippen molar-refractivity contribution < 1.29 is 9.47 Å². The molecule has 1 aromatic carbocycles. The lowest BCUT2D eigenvalue weighted by atomic mass is 9.93. The lowest BCUT2D eigenvalue weighted by Crippen LogP contribution is -2.47. The Kier molecular flexibility index (Phi) is 5.51. The summed E-state index contributed by atoms with van der Waals surface area (Å²) in [5, 5.41) is 0. The van der Waals surface area contributed by atoms with E-state index in [1.54, 1.807) is 7.11 Å². The van der Waals surface area contributed by atoms with E-state index in [0.717, 1.165) is 48.9 Å². The molecule has 0 radical (unpaired) electrons. The zero-order valence-electron chi connectivity index (χ0n) is 16.2. The van der Waals surface area contributed by atoms with Gasteiger partial charge in [0.05, 0.1) is 13.7 Å². The Labute approximate surface area is 157 Å². The first-order valence-corrected chi connectivity index (χ1v) is 10.2. The zero-order valence-corrected chi connectivity index (χ0v) is 16.2. The number of methoxy groups -OCH3 is 1. The Morgan fingerprint density at radius 3 is 2.46 bits per heavy atom. The first kappa shape index (κ1) is 17.9. The number of rotatable bonds is 7. The van der Waals surface area contributed by atoms with Gasteiger partial charge in [-0.3, -0.25) is 4.90 Å². The van der Waals surface area contributed by atoms with Crippen LogP contribution in [0.15, 0.2) is 30.4 Å². The van der Waals surface area contributed by atoms with Gasteiger partial charge in [-0.05, 0) is 55.2 Å². The summed E-state index contributed by atoms with van der Waals surface area (Å²) in [6, 6.07) is 6.32. The molecule has 1 heterocycles. The van der Waals surface area contributed by atoms with E-state index in [0.29, 0.717) is 6.61 Å². The van der Waals surface area contributed by atoms with Gasteiger partial charge in [-0.1, -0.05) is 18.2 Å². The molecule has 1 saturated heterocycles. The number of piperazine rings is 1. The van der Waals surface area contributed by atoms with Gasteiger partial charge in [0, 0.05) is 39.3 Å². The highest BCUT2D eigenvalue weighted by molar-refractivity contribution is 5.43. The van der Waals surface area contributed by atoms with E-state index in [9.17, 15) is 0 Å².